The Morgan fingerprint density at radius 3 is 3.07 bits per heavy atom. The van der Waals surface area contributed by atoms with Crippen LogP contribution in [0.25, 0.3) is 0 Å². The van der Waals surface area contributed by atoms with Crippen molar-refractivity contribution in [3.63, 3.8) is 0 Å². The van der Waals surface area contributed by atoms with E-state index in [1.165, 1.54) is 6.42 Å². The van der Waals surface area contributed by atoms with Gasteiger partial charge in [-0.2, -0.15) is 0 Å². The van der Waals surface area contributed by atoms with Gasteiger partial charge in [-0.05, 0) is 38.3 Å². The number of hydrogen-bond donors (Lipinski definition) is 2. The highest BCUT2D eigenvalue weighted by atomic mass is 16.2. The molecule has 1 saturated heterocycles. The number of rotatable bonds is 6. The molecule has 0 aromatic rings. The normalized spacial score (nSPS) is 21.9. The van der Waals surface area contributed by atoms with Crippen LogP contribution in [0.4, 0.5) is 0 Å². The van der Waals surface area contributed by atoms with E-state index in [0.29, 0.717) is 12.5 Å². The number of nitrogens with two attached hydrogens (primary N) is 1. The van der Waals surface area contributed by atoms with Crippen molar-refractivity contribution < 1.29 is 4.79 Å². The van der Waals surface area contributed by atoms with Gasteiger partial charge in [0.2, 0.25) is 5.91 Å². The fourth-order valence-electron chi connectivity index (χ4n) is 2.05. The number of nitrogens with zero attached hydrogens (tertiary/aromatic N) is 1. The van der Waals surface area contributed by atoms with Crippen LogP contribution < -0.4 is 11.1 Å². The summed E-state index contributed by atoms with van der Waals surface area (Å²) in [6, 6.07) is 0. The summed E-state index contributed by atoms with van der Waals surface area (Å²) >= 11 is 0. The van der Waals surface area contributed by atoms with Crippen LogP contribution in [0.5, 0.6) is 0 Å². The van der Waals surface area contributed by atoms with Crippen molar-refractivity contribution >= 4 is 5.91 Å². The molecule has 0 saturated carbocycles. The molecule has 0 spiro atoms. The molecule has 4 nitrogen and oxygen atoms in total. The molecular formula is C11H23N3O. The molecule has 1 atom stereocenters. The Balaban J connectivity index is 2.15. The zero-order chi connectivity index (χ0) is 11.1. The monoisotopic (exact) mass is 213 g/mol. The SMILES string of the molecule is CCCNC(=O)CN1CCC(CCN)C1. The maximum atomic E-state index is 11.4. The third-order valence-electron chi connectivity index (χ3n) is 2.88. The quantitative estimate of drug-likeness (QED) is 0.662. The van der Waals surface area contributed by atoms with E-state index in [2.05, 4.69) is 17.1 Å². The van der Waals surface area contributed by atoms with Crippen LogP contribution in [0.2, 0.25) is 0 Å². The minimum atomic E-state index is 0.158. The Morgan fingerprint density at radius 2 is 2.40 bits per heavy atom. The Hall–Kier alpha value is -0.610. The highest BCUT2D eigenvalue weighted by Gasteiger charge is 2.22. The summed E-state index contributed by atoms with van der Waals surface area (Å²) in [6.45, 7) is 6.26. The van der Waals surface area contributed by atoms with E-state index in [-0.39, 0.29) is 5.91 Å². The molecule has 0 aliphatic carbocycles. The summed E-state index contributed by atoms with van der Waals surface area (Å²) < 4.78 is 0. The van der Waals surface area contributed by atoms with Gasteiger partial charge in [0.1, 0.15) is 0 Å². The number of carbonyl (C=O) groups is 1. The number of carbonyl (C=O) groups excluding carboxylic acids is 1. The Kier molecular flexibility index (Phi) is 5.65. The smallest absolute Gasteiger partial charge is 0.234 e. The first-order valence-electron chi connectivity index (χ1n) is 5.95. The average molecular weight is 213 g/mol. The molecule has 4 heteroatoms. The second-order valence-electron chi connectivity index (χ2n) is 4.32. The zero-order valence-corrected chi connectivity index (χ0v) is 9.67. The Labute approximate surface area is 92.2 Å². The lowest BCUT2D eigenvalue weighted by molar-refractivity contribution is -0.122. The predicted molar refractivity (Wildman–Crippen MR) is 61.5 cm³/mol. The highest BCUT2D eigenvalue weighted by molar-refractivity contribution is 5.77. The predicted octanol–water partition coefficient (Wildman–Crippen LogP) is 0.183. The lowest BCUT2D eigenvalue weighted by Crippen LogP contribution is -2.36. The molecule has 0 aromatic heterocycles. The standard InChI is InChI=1S/C11H23N3O/c1-2-6-13-11(15)9-14-7-4-10(8-14)3-5-12/h10H,2-9,12H2,1H3,(H,13,15). The maximum absolute atomic E-state index is 11.4. The topological polar surface area (TPSA) is 58.4 Å². The van der Waals surface area contributed by atoms with Crippen molar-refractivity contribution in [2.45, 2.75) is 26.2 Å². The van der Waals surface area contributed by atoms with E-state index in [0.717, 1.165) is 39.0 Å². The molecule has 1 unspecified atom stereocenters. The molecule has 1 rings (SSSR count). The van der Waals surface area contributed by atoms with Gasteiger partial charge in [-0.15, -0.1) is 0 Å². The van der Waals surface area contributed by atoms with Gasteiger partial charge in [-0.3, -0.25) is 9.69 Å². The van der Waals surface area contributed by atoms with Gasteiger partial charge in [0, 0.05) is 13.1 Å². The fraction of sp³-hybridized carbons (Fsp3) is 0.909. The molecular weight excluding hydrogens is 190 g/mol. The van der Waals surface area contributed by atoms with Gasteiger partial charge < -0.3 is 11.1 Å². The lowest BCUT2D eigenvalue weighted by atomic mass is 10.1. The first-order valence-corrected chi connectivity index (χ1v) is 5.95. The van der Waals surface area contributed by atoms with Gasteiger partial charge in [0.05, 0.1) is 6.54 Å². The minimum Gasteiger partial charge on any atom is -0.355 e. The summed E-state index contributed by atoms with van der Waals surface area (Å²) in [6.07, 6.45) is 3.28. The van der Waals surface area contributed by atoms with Crippen LogP contribution in [-0.2, 0) is 4.79 Å². The maximum Gasteiger partial charge on any atom is 0.234 e. The highest BCUT2D eigenvalue weighted by Crippen LogP contribution is 2.18. The fourth-order valence-corrected chi connectivity index (χ4v) is 2.05. The molecule has 1 fully saturated rings. The molecule has 0 aromatic carbocycles. The number of hydrogen-bond acceptors (Lipinski definition) is 3. The van der Waals surface area contributed by atoms with Crippen LogP contribution >= 0.6 is 0 Å². The molecule has 1 aliphatic rings. The first kappa shape index (κ1) is 12.5. The minimum absolute atomic E-state index is 0.158. The number of likely N-dealkylation sites (tertiary alicyclic amines) is 1. The van der Waals surface area contributed by atoms with E-state index in [1.54, 1.807) is 0 Å². The molecule has 0 bridgehead atoms. The summed E-state index contributed by atoms with van der Waals surface area (Å²) in [5, 5.41) is 2.90. The van der Waals surface area contributed by atoms with Gasteiger partial charge in [-0.25, -0.2) is 0 Å². The molecule has 88 valence electrons. The van der Waals surface area contributed by atoms with E-state index >= 15 is 0 Å². The first-order chi connectivity index (χ1) is 7.26. The van der Waals surface area contributed by atoms with Gasteiger partial charge in [-0.1, -0.05) is 6.92 Å². The Bertz CT molecular complexity index is 196. The van der Waals surface area contributed by atoms with Crippen LogP contribution in [0.15, 0.2) is 0 Å². The van der Waals surface area contributed by atoms with Gasteiger partial charge in [0.15, 0.2) is 0 Å². The van der Waals surface area contributed by atoms with E-state index in [4.69, 9.17) is 5.73 Å². The molecule has 1 amide bonds. The second-order valence-corrected chi connectivity index (χ2v) is 4.32. The van der Waals surface area contributed by atoms with Crippen LogP contribution in [-0.4, -0.2) is 43.5 Å². The summed E-state index contributed by atoms with van der Waals surface area (Å²) in [5.74, 6) is 0.860. The third-order valence-corrected chi connectivity index (χ3v) is 2.88. The van der Waals surface area contributed by atoms with E-state index in [9.17, 15) is 4.79 Å². The van der Waals surface area contributed by atoms with E-state index in [1.807, 2.05) is 0 Å². The lowest BCUT2D eigenvalue weighted by Gasteiger charge is -2.15. The van der Waals surface area contributed by atoms with Crippen molar-refractivity contribution in [1.29, 1.82) is 0 Å². The van der Waals surface area contributed by atoms with Gasteiger partial charge >= 0.3 is 0 Å². The van der Waals surface area contributed by atoms with Crippen molar-refractivity contribution in [3.05, 3.63) is 0 Å². The largest absolute Gasteiger partial charge is 0.355 e. The van der Waals surface area contributed by atoms with Crippen LogP contribution in [0.3, 0.4) is 0 Å². The van der Waals surface area contributed by atoms with Crippen molar-refractivity contribution in [3.8, 4) is 0 Å². The third kappa shape index (κ3) is 4.62. The van der Waals surface area contributed by atoms with Crippen molar-refractivity contribution in [1.82, 2.24) is 10.2 Å². The molecule has 1 heterocycles. The number of amides is 1. The molecule has 15 heavy (non-hydrogen) atoms. The summed E-state index contributed by atoms with van der Waals surface area (Å²) in [4.78, 5) is 13.7. The van der Waals surface area contributed by atoms with Crippen LogP contribution in [0.1, 0.15) is 26.2 Å². The zero-order valence-electron chi connectivity index (χ0n) is 9.67. The summed E-state index contributed by atoms with van der Waals surface area (Å²) in [7, 11) is 0. The average Bonchev–Trinajstić information content (AvgIpc) is 2.63. The number of nitrogens with one attached hydrogen (secondary N) is 1. The molecule has 3 N–H and O–H groups in total. The van der Waals surface area contributed by atoms with Crippen molar-refractivity contribution in [2.24, 2.45) is 11.7 Å². The van der Waals surface area contributed by atoms with Crippen molar-refractivity contribution in [2.75, 3.05) is 32.7 Å². The van der Waals surface area contributed by atoms with Gasteiger partial charge in [0.25, 0.3) is 0 Å². The molecule has 0 radical (unpaired) electrons. The summed E-state index contributed by atoms with van der Waals surface area (Å²) in [5.41, 5.74) is 5.52. The van der Waals surface area contributed by atoms with Crippen LogP contribution in [0, 0.1) is 5.92 Å². The second kappa shape index (κ2) is 6.80. The molecule has 1 aliphatic heterocycles. The Morgan fingerprint density at radius 1 is 1.60 bits per heavy atom. The van der Waals surface area contributed by atoms with E-state index < -0.39 is 0 Å².